The molecule has 1 N–H and O–H groups in total. The molecule has 1 aliphatic rings. The Kier molecular flexibility index (Phi) is 8.10. The molecule has 1 aliphatic heterocycles. The summed E-state index contributed by atoms with van der Waals surface area (Å²) in [5, 5.41) is 14.6. The fourth-order valence-corrected chi connectivity index (χ4v) is 6.39. The van der Waals surface area contributed by atoms with Crippen molar-refractivity contribution in [2.45, 2.75) is 31.3 Å². The van der Waals surface area contributed by atoms with Crippen LogP contribution in [0.4, 0.5) is 5.69 Å². The Balaban J connectivity index is 1.57. The molecule has 3 aromatic carbocycles. The Morgan fingerprint density at radius 3 is 2.50 bits per heavy atom. The number of rotatable bonds is 7. The van der Waals surface area contributed by atoms with Gasteiger partial charge in [0.25, 0.3) is 5.91 Å². The van der Waals surface area contributed by atoms with Gasteiger partial charge in [0.2, 0.25) is 10.0 Å². The highest BCUT2D eigenvalue weighted by molar-refractivity contribution is 7.89. The summed E-state index contributed by atoms with van der Waals surface area (Å²) in [5.74, 6) is 4.06. The third-order valence-electron chi connectivity index (χ3n) is 6.89. The number of fused-ring (bicyclic) bond motifs is 1. The van der Waals surface area contributed by atoms with Crippen LogP contribution in [0.5, 0.6) is 5.75 Å². The first-order chi connectivity index (χ1) is 20.2. The van der Waals surface area contributed by atoms with E-state index >= 15 is 0 Å². The minimum atomic E-state index is -4.32. The van der Waals surface area contributed by atoms with E-state index in [-0.39, 0.29) is 23.6 Å². The first-order valence-electron chi connectivity index (χ1n) is 13.1. The van der Waals surface area contributed by atoms with E-state index in [1.165, 1.54) is 29.2 Å². The molecule has 1 aromatic heterocycles. The summed E-state index contributed by atoms with van der Waals surface area (Å²) >= 11 is 0. The van der Waals surface area contributed by atoms with E-state index in [0.717, 1.165) is 9.87 Å². The number of carboxylic acid groups (broad SMARTS) is 1. The molecule has 4 aromatic rings. The number of carbonyl (C=O) groups is 2. The molecule has 1 unspecified atom stereocenters. The van der Waals surface area contributed by atoms with E-state index in [1.807, 2.05) is 6.92 Å². The van der Waals surface area contributed by atoms with Crippen LogP contribution in [-0.2, 0) is 21.4 Å². The number of anilines is 1. The van der Waals surface area contributed by atoms with Gasteiger partial charge in [-0.25, -0.2) is 13.1 Å². The molecule has 0 bridgehead atoms. The lowest BCUT2D eigenvalue weighted by molar-refractivity contribution is -0.141. The number of para-hydroxylation sites is 1. The maximum Gasteiger partial charge on any atom is 0.323 e. The fourth-order valence-electron chi connectivity index (χ4n) is 4.84. The Bertz CT molecular complexity index is 1790. The lowest BCUT2D eigenvalue weighted by atomic mass is 10.1. The van der Waals surface area contributed by atoms with Crippen molar-refractivity contribution in [1.29, 1.82) is 0 Å². The van der Waals surface area contributed by atoms with Gasteiger partial charge in [-0.15, -0.1) is 5.92 Å². The van der Waals surface area contributed by atoms with Crippen LogP contribution < -0.4 is 9.64 Å². The Hall–Kier alpha value is -4.92. The van der Waals surface area contributed by atoms with Gasteiger partial charge in [-0.2, -0.15) is 9.40 Å². The number of nitrogens with zero attached hydrogens (tertiary/aromatic N) is 4. The fraction of sp³-hybridized carbons (Fsp3) is 0.194. The van der Waals surface area contributed by atoms with E-state index in [4.69, 9.17) is 4.74 Å². The summed E-state index contributed by atoms with van der Waals surface area (Å²) in [6.07, 6.45) is 3.29. The Morgan fingerprint density at radius 1 is 1.05 bits per heavy atom. The second-order valence-corrected chi connectivity index (χ2v) is 11.5. The molecular weight excluding hydrogens is 556 g/mol. The van der Waals surface area contributed by atoms with Crippen LogP contribution in [0.2, 0.25) is 0 Å². The summed E-state index contributed by atoms with van der Waals surface area (Å²) in [6.45, 7) is 3.03. The average Bonchev–Trinajstić information content (AvgIpc) is 3.46. The van der Waals surface area contributed by atoms with Crippen LogP contribution in [0.3, 0.4) is 0 Å². The second-order valence-electron chi connectivity index (χ2n) is 9.61. The van der Waals surface area contributed by atoms with Gasteiger partial charge in [0.1, 0.15) is 18.4 Å². The first kappa shape index (κ1) is 28.6. The van der Waals surface area contributed by atoms with Crippen molar-refractivity contribution in [3.05, 3.63) is 102 Å². The molecule has 42 heavy (non-hydrogen) atoms. The zero-order valence-corrected chi connectivity index (χ0v) is 23.8. The molecule has 0 saturated heterocycles. The highest BCUT2D eigenvalue weighted by Gasteiger charge is 2.42. The van der Waals surface area contributed by atoms with Gasteiger partial charge >= 0.3 is 5.97 Å². The van der Waals surface area contributed by atoms with Crippen molar-refractivity contribution in [3.63, 3.8) is 0 Å². The number of aromatic nitrogens is 2. The van der Waals surface area contributed by atoms with Crippen LogP contribution >= 0.6 is 0 Å². The molecule has 10 nitrogen and oxygen atoms in total. The van der Waals surface area contributed by atoms with Crippen molar-refractivity contribution in [3.8, 4) is 23.3 Å². The average molecular weight is 585 g/mol. The number of amides is 1. The minimum absolute atomic E-state index is 0.0966. The highest BCUT2D eigenvalue weighted by Crippen LogP contribution is 2.34. The predicted octanol–water partition coefficient (Wildman–Crippen LogP) is 3.89. The van der Waals surface area contributed by atoms with Gasteiger partial charge in [-0.3, -0.25) is 9.59 Å². The van der Waals surface area contributed by atoms with Crippen LogP contribution in [0.15, 0.2) is 90.1 Å². The number of carbonyl (C=O) groups excluding carboxylic acids is 1. The largest absolute Gasteiger partial charge is 0.481 e. The molecule has 1 amide bonds. The standard InChI is InChI=1S/C31H28N4O6S/c1-3-4-18-41-24-11-13-25(14-12-24)42(39,40)35-20-23-19-22(2)10-15-27(23)33(21-29(35)31(37)38)30(36)26-8-5-6-9-28(26)34-17-7-16-32-34/h5-17,19,29H,18,20-21H2,1-2H3,(H,37,38). The van der Waals surface area contributed by atoms with E-state index in [1.54, 1.807) is 72.5 Å². The zero-order chi connectivity index (χ0) is 29.9. The summed E-state index contributed by atoms with van der Waals surface area (Å²) < 4.78 is 35.9. The lowest BCUT2D eigenvalue weighted by Gasteiger charge is -2.28. The van der Waals surface area contributed by atoms with Crippen molar-refractivity contribution >= 4 is 27.6 Å². The first-order valence-corrected chi connectivity index (χ1v) is 14.5. The molecule has 0 fully saturated rings. The molecule has 0 saturated carbocycles. The van der Waals surface area contributed by atoms with E-state index in [2.05, 4.69) is 16.9 Å². The number of hydrogen-bond donors (Lipinski definition) is 1. The maximum absolute atomic E-state index is 14.2. The van der Waals surface area contributed by atoms with Gasteiger partial charge in [0, 0.05) is 24.6 Å². The minimum Gasteiger partial charge on any atom is -0.481 e. The topological polar surface area (TPSA) is 122 Å². The SMILES string of the molecule is CC#CCOc1ccc(S(=O)(=O)N2Cc3cc(C)ccc3N(C(=O)c3ccccc3-n3cccn3)CC2C(=O)O)cc1. The van der Waals surface area contributed by atoms with Crippen molar-refractivity contribution in [2.75, 3.05) is 18.1 Å². The molecule has 0 radical (unpaired) electrons. The number of aliphatic carboxylic acids is 1. The van der Waals surface area contributed by atoms with Crippen LogP contribution in [0.25, 0.3) is 5.69 Å². The molecule has 0 aliphatic carbocycles. The monoisotopic (exact) mass is 584 g/mol. The number of ether oxygens (including phenoxy) is 1. The van der Waals surface area contributed by atoms with E-state index in [9.17, 15) is 23.1 Å². The van der Waals surface area contributed by atoms with Crippen molar-refractivity contribution in [1.82, 2.24) is 14.1 Å². The highest BCUT2D eigenvalue weighted by atomic mass is 32.2. The number of hydrogen-bond acceptors (Lipinski definition) is 6. The summed E-state index contributed by atoms with van der Waals surface area (Å²) in [7, 11) is -4.32. The van der Waals surface area contributed by atoms with Gasteiger partial charge in [0.05, 0.1) is 22.7 Å². The summed E-state index contributed by atoms with van der Waals surface area (Å²) in [6, 6.07) is 18.0. The Labute approximate surface area is 243 Å². The van der Waals surface area contributed by atoms with Gasteiger partial charge in [-0.05, 0) is 67.9 Å². The van der Waals surface area contributed by atoms with E-state index in [0.29, 0.717) is 22.7 Å². The quantitative estimate of drug-likeness (QED) is 0.327. The third kappa shape index (κ3) is 5.63. The number of carboxylic acids is 1. The second kappa shape index (κ2) is 11.9. The molecule has 214 valence electrons. The van der Waals surface area contributed by atoms with Crippen LogP contribution in [0.1, 0.15) is 28.4 Å². The van der Waals surface area contributed by atoms with E-state index < -0.39 is 34.5 Å². The third-order valence-corrected chi connectivity index (χ3v) is 8.76. The summed E-state index contributed by atoms with van der Waals surface area (Å²) in [4.78, 5) is 28.1. The van der Waals surface area contributed by atoms with Crippen LogP contribution in [0, 0.1) is 18.8 Å². The number of aryl methyl sites for hydroxylation is 1. The van der Waals surface area contributed by atoms with Crippen LogP contribution in [-0.4, -0.2) is 58.7 Å². The molecule has 1 atom stereocenters. The van der Waals surface area contributed by atoms with Gasteiger partial charge < -0.3 is 14.7 Å². The molecular formula is C31H28N4O6S. The molecule has 2 heterocycles. The molecule has 11 heteroatoms. The summed E-state index contributed by atoms with van der Waals surface area (Å²) in [5.41, 5.74) is 2.57. The van der Waals surface area contributed by atoms with Crippen molar-refractivity contribution in [2.24, 2.45) is 0 Å². The van der Waals surface area contributed by atoms with Gasteiger partial charge in [-0.1, -0.05) is 35.7 Å². The number of benzene rings is 3. The molecule has 5 rings (SSSR count). The smallest absolute Gasteiger partial charge is 0.323 e. The van der Waals surface area contributed by atoms with Gasteiger partial charge in [0.15, 0.2) is 0 Å². The normalized spacial score (nSPS) is 15.2. The Morgan fingerprint density at radius 2 is 1.81 bits per heavy atom. The zero-order valence-electron chi connectivity index (χ0n) is 23.0. The lowest BCUT2D eigenvalue weighted by Crippen LogP contribution is -2.50. The van der Waals surface area contributed by atoms with Crippen molar-refractivity contribution < 1.29 is 27.9 Å². The maximum atomic E-state index is 14.2. The predicted molar refractivity (Wildman–Crippen MR) is 156 cm³/mol. The number of sulfonamides is 1. The molecule has 0 spiro atoms.